The molecule has 2 heteroatoms. The van der Waals surface area contributed by atoms with Gasteiger partial charge in [0, 0.05) is 11.5 Å². The molecule has 21 heavy (non-hydrogen) atoms. The molecule has 0 heterocycles. The highest BCUT2D eigenvalue weighted by Gasteiger charge is 2.58. The van der Waals surface area contributed by atoms with Gasteiger partial charge in [-0.3, -0.25) is 0 Å². The molecule has 3 fully saturated rings. The van der Waals surface area contributed by atoms with E-state index in [-0.39, 0.29) is 5.41 Å². The molecule has 4 aliphatic carbocycles. The Kier molecular flexibility index (Phi) is 3.03. The van der Waals surface area contributed by atoms with Gasteiger partial charge in [0.25, 0.3) is 0 Å². The van der Waals surface area contributed by atoms with Crippen molar-refractivity contribution in [3.8, 4) is 0 Å². The van der Waals surface area contributed by atoms with Crippen LogP contribution in [-0.2, 0) is 0 Å². The Bertz CT molecular complexity index is 472. The highest BCUT2D eigenvalue weighted by atomic mass is 16.3. The summed E-state index contributed by atoms with van der Waals surface area (Å²) >= 11 is 0. The smallest absolute Gasteiger partial charge is 0.0944 e. The summed E-state index contributed by atoms with van der Waals surface area (Å²) in [6.45, 7) is 4.89. The van der Waals surface area contributed by atoms with E-state index < -0.39 is 0 Å². The summed E-state index contributed by atoms with van der Waals surface area (Å²) in [4.78, 5) is 0. The van der Waals surface area contributed by atoms with Crippen molar-refractivity contribution in [2.24, 2.45) is 40.2 Å². The first-order valence-corrected chi connectivity index (χ1v) is 9.10. The average Bonchev–Trinajstić information content (AvgIpc) is 2.76. The Balaban J connectivity index is 1.63. The zero-order valence-corrected chi connectivity index (χ0v) is 13.6. The molecule has 0 saturated heterocycles. The van der Waals surface area contributed by atoms with Gasteiger partial charge in [-0.1, -0.05) is 13.8 Å². The number of rotatable bonds is 0. The number of hydrogen-bond acceptors (Lipinski definition) is 2. The van der Waals surface area contributed by atoms with Gasteiger partial charge in [0.15, 0.2) is 0 Å². The monoisotopic (exact) mass is 289 g/mol. The predicted molar refractivity (Wildman–Crippen MR) is 85.8 cm³/mol. The number of nitrogens with two attached hydrogens (primary N) is 1. The van der Waals surface area contributed by atoms with Gasteiger partial charge in [-0.2, -0.15) is 0 Å². The summed E-state index contributed by atoms with van der Waals surface area (Å²) in [6, 6.07) is 0.450. The maximum absolute atomic E-state index is 10.3. The van der Waals surface area contributed by atoms with E-state index in [1.54, 1.807) is 0 Å². The Morgan fingerprint density at radius 3 is 2.71 bits per heavy atom. The van der Waals surface area contributed by atoms with E-state index in [1.807, 2.05) is 0 Å². The van der Waals surface area contributed by atoms with E-state index in [1.165, 1.54) is 44.9 Å². The van der Waals surface area contributed by atoms with E-state index in [2.05, 4.69) is 19.9 Å². The second-order valence-corrected chi connectivity index (χ2v) is 8.97. The molecule has 0 radical (unpaired) electrons. The molecule has 0 aromatic rings. The number of fused-ring (bicyclic) bond motifs is 5. The minimum absolute atomic E-state index is 0.0927. The number of aliphatic hydroxyl groups is 1. The van der Waals surface area contributed by atoms with Gasteiger partial charge in [-0.05, 0) is 86.5 Å². The third kappa shape index (κ3) is 1.81. The summed E-state index contributed by atoms with van der Waals surface area (Å²) in [6.07, 6.45) is 12.3. The van der Waals surface area contributed by atoms with Crippen LogP contribution in [0.4, 0.5) is 0 Å². The molecule has 0 aromatic carbocycles. The molecular weight excluding hydrogens is 258 g/mol. The average molecular weight is 289 g/mol. The molecule has 2 nitrogen and oxygen atoms in total. The van der Waals surface area contributed by atoms with E-state index in [4.69, 9.17) is 5.73 Å². The molecule has 0 amide bonds. The highest BCUT2D eigenvalue weighted by Crippen LogP contribution is 2.65. The van der Waals surface area contributed by atoms with Crippen LogP contribution in [0.1, 0.15) is 65.2 Å². The third-order valence-electron chi connectivity index (χ3n) is 8.25. The van der Waals surface area contributed by atoms with Crippen molar-refractivity contribution in [3.05, 3.63) is 11.8 Å². The minimum atomic E-state index is 0.0927. The van der Waals surface area contributed by atoms with Crippen LogP contribution >= 0.6 is 0 Å². The molecule has 4 aliphatic rings. The van der Waals surface area contributed by atoms with Gasteiger partial charge >= 0.3 is 0 Å². The van der Waals surface area contributed by atoms with Gasteiger partial charge in [0.2, 0.25) is 0 Å². The van der Waals surface area contributed by atoms with Crippen LogP contribution in [0.5, 0.6) is 0 Å². The first-order valence-electron chi connectivity index (χ1n) is 9.10. The molecule has 4 rings (SSSR count). The molecule has 118 valence electrons. The minimum Gasteiger partial charge on any atom is -0.512 e. The van der Waals surface area contributed by atoms with Crippen LogP contribution in [-0.4, -0.2) is 11.1 Å². The van der Waals surface area contributed by atoms with Crippen LogP contribution in [0.25, 0.3) is 0 Å². The van der Waals surface area contributed by atoms with Crippen molar-refractivity contribution >= 4 is 0 Å². The lowest BCUT2D eigenvalue weighted by molar-refractivity contribution is -0.106. The summed E-state index contributed by atoms with van der Waals surface area (Å²) in [5.74, 6) is 3.96. The molecule has 3 saturated carbocycles. The quantitative estimate of drug-likeness (QED) is 0.694. The van der Waals surface area contributed by atoms with E-state index in [9.17, 15) is 5.11 Å². The Hall–Kier alpha value is -0.500. The Morgan fingerprint density at radius 2 is 1.90 bits per heavy atom. The Labute approximate surface area is 129 Å². The van der Waals surface area contributed by atoms with Gasteiger partial charge in [0.1, 0.15) is 0 Å². The van der Waals surface area contributed by atoms with Gasteiger partial charge in [-0.25, -0.2) is 0 Å². The van der Waals surface area contributed by atoms with Crippen molar-refractivity contribution in [2.45, 2.75) is 71.3 Å². The topological polar surface area (TPSA) is 46.2 Å². The molecule has 3 N–H and O–H groups in total. The number of hydrogen-bond donors (Lipinski definition) is 2. The van der Waals surface area contributed by atoms with E-state index in [0.29, 0.717) is 23.1 Å². The van der Waals surface area contributed by atoms with Crippen molar-refractivity contribution in [2.75, 3.05) is 0 Å². The fourth-order valence-corrected chi connectivity index (χ4v) is 6.84. The first-order chi connectivity index (χ1) is 9.95. The molecule has 7 atom stereocenters. The molecule has 0 aromatic heterocycles. The first kappa shape index (κ1) is 14.1. The second kappa shape index (κ2) is 4.50. The summed E-state index contributed by atoms with van der Waals surface area (Å²) in [7, 11) is 0. The fourth-order valence-electron chi connectivity index (χ4n) is 6.84. The SMILES string of the molecule is C[C@]12CC[C@H](N)C[C@H]1CC[C@@H]1[C@@H]2CC[C@]2(C)C(O)=CC[C@@H]12. The summed E-state index contributed by atoms with van der Waals surface area (Å²) in [5, 5.41) is 10.3. The largest absolute Gasteiger partial charge is 0.512 e. The molecule has 0 aliphatic heterocycles. The van der Waals surface area contributed by atoms with Crippen LogP contribution in [0.3, 0.4) is 0 Å². The standard InChI is InChI=1S/C19H31NO/c1-18-9-7-13(20)11-12(18)3-4-14-15-5-6-17(21)19(15,2)10-8-16(14)18/h6,12-16,21H,3-5,7-11,20H2,1-2H3/t12-,13+,14+,15+,16+,18+,19+/m1/s1. The maximum Gasteiger partial charge on any atom is 0.0944 e. The number of allylic oxidation sites excluding steroid dienone is 2. The third-order valence-corrected chi connectivity index (χ3v) is 8.25. The Morgan fingerprint density at radius 1 is 1.10 bits per heavy atom. The van der Waals surface area contributed by atoms with Crippen LogP contribution in [0.15, 0.2) is 11.8 Å². The lowest BCUT2D eigenvalue weighted by atomic mass is 9.45. The molecule has 0 unspecified atom stereocenters. The van der Waals surface area contributed by atoms with Crippen molar-refractivity contribution in [1.29, 1.82) is 0 Å². The van der Waals surface area contributed by atoms with Crippen molar-refractivity contribution < 1.29 is 5.11 Å². The molecular formula is C19H31NO. The zero-order valence-electron chi connectivity index (χ0n) is 13.6. The van der Waals surface area contributed by atoms with Crippen molar-refractivity contribution in [1.82, 2.24) is 0 Å². The lowest BCUT2D eigenvalue weighted by Crippen LogP contribution is -2.54. The number of aliphatic hydroxyl groups excluding tert-OH is 1. The van der Waals surface area contributed by atoms with Crippen molar-refractivity contribution in [3.63, 3.8) is 0 Å². The summed E-state index contributed by atoms with van der Waals surface area (Å²) < 4.78 is 0. The normalized spacial score (nSPS) is 56.1. The van der Waals surface area contributed by atoms with E-state index >= 15 is 0 Å². The fraction of sp³-hybridized carbons (Fsp3) is 0.895. The maximum atomic E-state index is 10.3. The lowest BCUT2D eigenvalue weighted by Gasteiger charge is -2.60. The highest BCUT2D eigenvalue weighted by molar-refractivity contribution is 5.20. The van der Waals surface area contributed by atoms with Crippen LogP contribution in [0, 0.1) is 34.5 Å². The van der Waals surface area contributed by atoms with Gasteiger partial charge in [0.05, 0.1) is 5.76 Å². The molecule has 0 spiro atoms. The van der Waals surface area contributed by atoms with Crippen LogP contribution in [0.2, 0.25) is 0 Å². The predicted octanol–water partition coefficient (Wildman–Crippen LogP) is 4.41. The van der Waals surface area contributed by atoms with Gasteiger partial charge < -0.3 is 10.8 Å². The molecule has 0 bridgehead atoms. The van der Waals surface area contributed by atoms with Crippen LogP contribution < -0.4 is 5.73 Å². The second-order valence-electron chi connectivity index (χ2n) is 8.97. The van der Waals surface area contributed by atoms with Gasteiger partial charge in [-0.15, -0.1) is 0 Å². The summed E-state index contributed by atoms with van der Waals surface area (Å²) in [5.41, 5.74) is 6.87. The van der Waals surface area contributed by atoms with E-state index in [0.717, 1.165) is 24.2 Å². The zero-order chi connectivity index (χ0) is 14.8.